The van der Waals surface area contributed by atoms with E-state index in [1.807, 2.05) is 0 Å². The number of carbonyl (C=O) groups excluding carboxylic acids is 2. The molecule has 1 saturated heterocycles. The summed E-state index contributed by atoms with van der Waals surface area (Å²) in [5.74, 6) is 0.481. The molecule has 2 bridgehead atoms. The van der Waals surface area contributed by atoms with E-state index in [2.05, 4.69) is 12.2 Å². The zero-order valence-corrected chi connectivity index (χ0v) is 7.67. The molecule has 0 aromatic heterocycles. The minimum Gasteiger partial charge on any atom is -0.296 e. The van der Waals surface area contributed by atoms with E-state index in [4.69, 9.17) is 0 Å². The molecule has 3 heteroatoms. The van der Waals surface area contributed by atoms with Crippen LogP contribution in [0.3, 0.4) is 0 Å². The second-order valence-corrected chi connectivity index (χ2v) is 5.01. The Kier molecular flexibility index (Phi) is 1.79. The van der Waals surface area contributed by atoms with Gasteiger partial charge in [0.1, 0.15) is 0 Å². The van der Waals surface area contributed by atoms with Crippen LogP contribution in [0.1, 0.15) is 33.6 Å². The van der Waals surface area contributed by atoms with Gasteiger partial charge in [-0.25, -0.2) is 0 Å². The Balaban J connectivity index is 0.000000750. The summed E-state index contributed by atoms with van der Waals surface area (Å²) in [6.45, 7) is 2.16. The minimum absolute atomic E-state index is 0. The fourth-order valence-corrected chi connectivity index (χ4v) is 3.74. The topological polar surface area (TPSA) is 46.2 Å². The number of hydrogen-bond acceptors (Lipinski definition) is 2. The van der Waals surface area contributed by atoms with Crippen LogP contribution in [0.15, 0.2) is 0 Å². The van der Waals surface area contributed by atoms with Crippen molar-refractivity contribution in [3.05, 3.63) is 0 Å². The lowest BCUT2D eigenvalue weighted by atomic mass is 9.73. The first-order valence-corrected chi connectivity index (χ1v) is 4.96. The molecule has 4 atom stereocenters. The number of fused-ring (bicyclic) bond motifs is 5. The second kappa shape index (κ2) is 2.59. The number of amides is 2. The summed E-state index contributed by atoms with van der Waals surface area (Å²) < 4.78 is 0. The molecule has 0 aromatic carbocycles. The van der Waals surface area contributed by atoms with Gasteiger partial charge in [0.2, 0.25) is 11.8 Å². The highest BCUT2D eigenvalue weighted by Crippen LogP contribution is 2.61. The standard InChI is InChI=1S/C10H13NO2.CH4/c1-10-3-2-5(4-10)6-7(10)9(13)11-8(6)12;/h5-7H,2-4H2,1H3,(H,11,12,13);1H4/t5?,6-,7+,10?;/m1./s1. The van der Waals surface area contributed by atoms with E-state index in [1.54, 1.807) is 0 Å². The summed E-state index contributed by atoms with van der Waals surface area (Å²) in [4.78, 5) is 23.0. The monoisotopic (exact) mass is 195 g/mol. The molecule has 0 spiro atoms. The van der Waals surface area contributed by atoms with Crippen LogP contribution in [0.5, 0.6) is 0 Å². The molecule has 2 amide bonds. The molecule has 2 unspecified atom stereocenters. The molecule has 3 fully saturated rings. The lowest BCUT2D eigenvalue weighted by Crippen LogP contribution is -2.31. The molecule has 3 nitrogen and oxygen atoms in total. The van der Waals surface area contributed by atoms with Crippen molar-refractivity contribution in [1.29, 1.82) is 0 Å². The van der Waals surface area contributed by atoms with Crippen LogP contribution in [0.25, 0.3) is 0 Å². The minimum atomic E-state index is -0.0142. The van der Waals surface area contributed by atoms with E-state index < -0.39 is 0 Å². The van der Waals surface area contributed by atoms with Crippen LogP contribution in [-0.2, 0) is 9.59 Å². The summed E-state index contributed by atoms with van der Waals surface area (Å²) in [6.07, 6.45) is 3.35. The van der Waals surface area contributed by atoms with Gasteiger partial charge in [-0.2, -0.15) is 0 Å². The third kappa shape index (κ3) is 0.877. The Morgan fingerprint density at radius 3 is 2.71 bits per heavy atom. The molecule has 2 saturated carbocycles. The summed E-state index contributed by atoms with van der Waals surface area (Å²) >= 11 is 0. The van der Waals surface area contributed by atoms with Gasteiger partial charge < -0.3 is 0 Å². The van der Waals surface area contributed by atoms with E-state index in [9.17, 15) is 9.59 Å². The normalized spacial score (nSPS) is 48.8. The van der Waals surface area contributed by atoms with Gasteiger partial charge in [-0.15, -0.1) is 0 Å². The van der Waals surface area contributed by atoms with Crippen LogP contribution in [0.4, 0.5) is 0 Å². The van der Waals surface area contributed by atoms with Crippen molar-refractivity contribution in [2.24, 2.45) is 23.2 Å². The van der Waals surface area contributed by atoms with Crippen LogP contribution >= 0.6 is 0 Å². The van der Waals surface area contributed by atoms with Crippen molar-refractivity contribution in [2.45, 2.75) is 33.6 Å². The lowest BCUT2D eigenvalue weighted by molar-refractivity contribution is -0.127. The molecule has 3 aliphatic rings. The van der Waals surface area contributed by atoms with Crippen molar-refractivity contribution >= 4 is 11.8 Å². The quantitative estimate of drug-likeness (QED) is 0.593. The molecule has 1 heterocycles. The first-order chi connectivity index (χ1) is 6.12. The van der Waals surface area contributed by atoms with Gasteiger partial charge in [-0.3, -0.25) is 14.9 Å². The van der Waals surface area contributed by atoms with Gasteiger partial charge >= 0.3 is 0 Å². The highest BCUT2D eigenvalue weighted by Gasteiger charge is 2.63. The second-order valence-electron chi connectivity index (χ2n) is 5.01. The Hall–Kier alpha value is -0.860. The van der Waals surface area contributed by atoms with E-state index in [-0.39, 0.29) is 36.5 Å². The molecule has 2 aliphatic carbocycles. The highest BCUT2D eigenvalue weighted by molar-refractivity contribution is 6.06. The average molecular weight is 195 g/mol. The summed E-state index contributed by atoms with van der Waals surface area (Å²) in [5.41, 5.74) is 0.131. The molecule has 0 aromatic rings. The molecule has 78 valence electrons. The summed E-state index contributed by atoms with van der Waals surface area (Å²) in [5, 5.41) is 2.47. The molecule has 0 radical (unpaired) electrons. The average Bonchev–Trinajstić information content (AvgIpc) is 2.62. The number of carbonyl (C=O) groups is 2. The SMILES string of the molecule is C.CC12CCC(C1)[C@H]1C(=O)NC(=O)[C@H]12. The Bertz CT molecular complexity index is 312. The van der Waals surface area contributed by atoms with Crippen molar-refractivity contribution in [2.75, 3.05) is 0 Å². The van der Waals surface area contributed by atoms with Gasteiger partial charge in [0.25, 0.3) is 0 Å². The molecule has 1 N–H and O–H groups in total. The maximum absolute atomic E-state index is 11.5. The van der Waals surface area contributed by atoms with Crippen molar-refractivity contribution in [1.82, 2.24) is 5.32 Å². The fourth-order valence-electron chi connectivity index (χ4n) is 3.74. The molecular weight excluding hydrogens is 178 g/mol. The van der Waals surface area contributed by atoms with Crippen LogP contribution in [-0.4, -0.2) is 11.8 Å². The third-order valence-corrected chi connectivity index (χ3v) is 4.26. The zero-order valence-electron chi connectivity index (χ0n) is 7.67. The van der Waals surface area contributed by atoms with Gasteiger partial charge in [0.15, 0.2) is 0 Å². The Morgan fingerprint density at radius 1 is 1.36 bits per heavy atom. The van der Waals surface area contributed by atoms with E-state index >= 15 is 0 Å². The first-order valence-electron chi connectivity index (χ1n) is 4.96. The van der Waals surface area contributed by atoms with Crippen LogP contribution < -0.4 is 5.32 Å². The van der Waals surface area contributed by atoms with Crippen LogP contribution in [0.2, 0.25) is 0 Å². The number of hydrogen-bond donors (Lipinski definition) is 1. The predicted octanol–water partition coefficient (Wildman–Crippen LogP) is 1.33. The van der Waals surface area contributed by atoms with E-state index in [1.165, 1.54) is 0 Å². The van der Waals surface area contributed by atoms with E-state index in [0.29, 0.717) is 5.92 Å². The van der Waals surface area contributed by atoms with Gasteiger partial charge in [-0.1, -0.05) is 14.4 Å². The van der Waals surface area contributed by atoms with Crippen molar-refractivity contribution in [3.63, 3.8) is 0 Å². The highest BCUT2D eigenvalue weighted by atomic mass is 16.2. The summed E-state index contributed by atoms with van der Waals surface area (Å²) in [6, 6.07) is 0. The predicted molar refractivity (Wildman–Crippen MR) is 52.3 cm³/mol. The van der Waals surface area contributed by atoms with Gasteiger partial charge in [0, 0.05) is 0 Å². The van der Waals surface area contributed by atoms with Crippen molar-refractivity contribution < 1.29 is 9.59 Å². The number of rotatable bonds is 0. The Labute approximate surface area is 84.2 Å². The molecular formula is C11H17NO2. The smallest absolute Gasteiger partial charge is 0.231 e. The van der Waals surface area contributed by atoms with Gasteiger partial charge in [0.05, 0.1) is 11.8 Å². The maximum Gasteiger partial charge on any atom is 0.231 e. The zero-order chi connectivity index (χ0) is 9.22. The number of nitrogens with one attached hydrogen (secondary N) is 1. The largest absolute Gasteiger partial charge is 0.296 e. The molecule has 1 aliphatic heterocycles. The number of imide groups is 1. The van der Waals surface area contributed by atoms with Gasteiger partial charge in [-0.05, 0) is 30.6 Å². The maximum atomic E-state index is 11.5. The van der Waals surface area contributed by atoms with Crippen molar-refractivity contribution in [3.8, 4) is 0 Å². The van der Waals surface area contributed by atoms with E-state index in [0.717, 1.165) is 19.3 Å². The molecule has 3 rings (SSSR count). The fraction of sp³-hybridized carbons (Fsp3) is 0.818. The van der Waals surface area contributed by atoms with Crippen LogP contribution in [0, 0.1) is 23.2 Å². The summed E-state index contributed by atoms with van der Waals surface area (Å²) in [7, 11) is 0. The Morgan fingerprint density at radius 2 is 2.07 bits per heavy atom. The lowest BCUT2D eigenvalue weighted by Gasteiger charge is -2.28. The third-order valence-electron chi connectivity index (χ3n) is 4.26. The molecule has 14 heavy (non-hydrogen) atoms. The first kappa shape index (κ1) is 9.69.